The Morgan fingerprint density at radius 1 is 0.595 bits per heavy atom. The zero-order valence-electron chi connectivity index (χ0n) is 26.0. The zero-order valence-corrected chi connectivity index (χ0v) is 26.0. The van der Waals surface area contributed by atoms with Crippen molar-refractivity contribution in [2.45, 2.75) is 104 Å². The molecular formula is C38H50O4. The van der Waals surface area contributed by atoms with Gasteiger partial charge in [-0.05, 0) is 71.8 Å². The van der Waals surface area contributed by atoms with Crippen LogP contribution in [0.25, 0.3) is 11.1 Å². The average molecular weight is 571 g/mol. The number of unbranched alkanes of at least 4 members (excludes halogenated alkanes) is 10. The van der Waals surface area contributed by atoms with Gasteiger partial charge in [0, 0.05) is 0 Å². The number of hydrogen-bond donors (Lipinski definition) is 0. The topological polar surface area (TPSA) is 52.6 Å². The van der Waals surface area contributed by atoms with Gasteiger partial charge in [-0.15, -0.1) is 0 Å². The summed E-state index contributed by atoms with van der Waals surface area (Å²) < 4.78 is 10.8. The predicted molar refractivity (Wildman–Crippen MR) is 173 cm³/mol. The molecule has 0 saturated carbocycles. The smallest absolute Gasteiger partial charge is 0.343 e. The second-order valence-corrected chi connectivity index (χ2v) is 11.6. The average Bonchev–Trinajstić information content (AvgIpc) is 3.03. The summed E-state index contributed by atoms with van der Waals surface area (Å²) in [6, 6.07) is 22.7. The number of aryl methyl sites for hydroxylation is 1. The van der Waals surface area contributed by atoms with Crippen molar-refractivity contribution < 1.29 is 19.1 Å². The number of benzene rings is 3. The Hall–Kier alpha value is -3.40. The minimum Gasteiger partial charge on any atom is -0.462 e. The Morgan fingerprint density at radius 2 is 1.07 bits per heavy atom. The molecule has 0 fully saturated rings. The highest BCUT2D eigenvalue weighted by Gasteiger charge is 2.12. The number of hydrogen-bond acceptors (Lipinski definition) is 4. The predicted octanol–water partition coefficient (Wildman–Crippen LogP) is 10.6. The summed E-state index contributed by atoms with van der Waals surface area (Å²) in [4.78, 5) is 24.9. The molecule has 3 rings (SSSR count). The Kier molecular flexibility index (Phi) is 14.9. The lowest BCUT2D eigenvalue weighted by molar-refractivity contribution is 0.0447. The fraction of sp³-hybridized carbons (Fsp3) is 0.474. The number of esters is 2. The summed E-state index contributed by atoms with van der Waals surface area (Å²) in [5, 5.41) is 0. The van der Waals surface area contributed by atoms with Gasteiger partial charge in [0.05, 0.1) is 17.7 Å². The lowest BCUT2D eigenvalue weighted by Crippen LogP contribution is -2.12. The van der Waals surface area contributed by atoms with Crippen LogP contribution in [0.1, 0.15) is 124 Å². The molecule has 0 bridgehead atoms. The first kappa shape index (κ1) is 33.1. The van der Waals surface area contributed by atoms with Crippen molar-refractivity contribution in [2.75, 3.05) is 6.61 Å². The fourth-order valence-electron chi connectivity index (χ4n) is 4.90. The quantitative estimate of drug-likeness (QED) is 0.0817. The monoisotopic (exact) mass is 570 g/mol. The molecule has 226 valence electrons. The number of carbonyl (C=O) groups is 2. The van der Waals surface area contributed by atoms with Crippen LogP contribution in [0.15, 0.2) is 72.8 Å². The van der Waals surface area contributed by atoms with E-state index in [1.165, 1.54) is 76.2 Å². The molecule has 0 aromatic heterocycles. The van der Waals surface area contributed by atoms with E-state index in [1.807, 2.05) is 19.1 Å². The summed E-state index contributed by atoms with van der Waals surface area (Å²) in [5.74, 6) is -0.0956. The van der Waals surface area contributed by atoms with Crippen molar-refractivity contribution in [3.05, 3.63) is 89.5 Å². The molecule has 0 radical (unpaired) electrons. The molecule has 0 saturated heterocycles. The second-order valence-electron chi connectivity index (χ2n) is 11.6. The van der Waals surface area contributed by atoms with Crippen molar-refractivity contribution in [1.82, 2.24) is 0 Å². The van der Waals surface area contributed by atoms with E-state index in [0.717, 1.165) is 24.0 Å². The van der Waals surface area contributed by atoms with E-state index in [-0.39, 0.29) is 5.97 Å². The molecule has 0 spiro atoms. The van der Waals surface area contributed by atoms with Crippen molar-refractivity contribution in [2.24, 2.45) is 5.92 Å². The Labute approximate surface area is 253 Å². The molecule has 0 heterocycles. The van der Waals surface area contributed by atoms with Crippen LogP contribution < -0.4 is 4.74 Å². The summed E-state index contributed by atoms with van der Waals surface area (Å²) >= 11 is 0. The van der Waals surface area contributed by atoms with Crippen molar-refractivity contribution in [3.63, 3.8) is 0 Å². The van der Waals surface area contributed by atoms with Gasteiger partial charge < -0.3 is 9.47 Å². The van der Waals surface area contributed by atoms with Gasteiger partial charge in [-0.3, -0.25) is 0 Å². The highest BCUT2D eigenvalue weighted by molar-refractivity contribution is 5.92. The molecule has 1 atom stereocenters. The van der Waals surface area contributed by atoms with E-state index in [0.29, 0.717) is 29.4 Å². The van der Waals surface area contributed by atoms with Gasteiger partial charge in [0.15, 0.2) is 0 Å². The van der Waals surface area contributed by atoms with Crippen molar-refractivity contribution in [3.8, 4) is 16.9 Å². The molecule has 4 nitrogen and oxygen atoms in total. The maximum Gasteiger partial charge on any atom is 0.343 e. The number of rotatable bonds is 19. The van der Waals surface area contributed by atoms with E-state index in [1.54, 1.807) is 36.4 Å². The molecule has 4 heteroatoms. The molecular weight excluding hydrogens is 520 g/mol. The van der Waals surface area contributed by atoms with Gasteiger partial charge in [0.25, 0.3) is 0 Å². The third-order valence-corrected chi connectivity index (χ3v) is 7.97. The summed E-state index contributed by atoms with van der Waals surface area (Å²) in [5.41, 5.74) is 4.49. The summed E-state index contributed by atoms with van der Waals surface area (Å²) in [7, 11) is 0. The normalized spacial score (nSPS) is 11.7. The van der Waals surface area contributed by atoms with Gasteiger partial charge >= 0.3 is 11.9 Å². The van der Waals surface area contributed by atoms with Gasteiger partial charge in [-0.25, -0.2) is 9.59 Å². The third kappa shape index (κ3) is 11.8. The minimum absolute atomic E-state index is 0.323. The first-order valence-electron chi connectivity index (χ1n) is 16.2. The van der Waals surface area contributed by atoms with Crippen LogP contribution in [0, 0.1) is 5.92 Å². The maximum atomic E-state index is 12.7. The Balaban J connectivity index is 1.38. The molecule has 0 N–H and O–H groups in total. The van der Waals surface area contributed by atoms with Gasteiger partial charge in [-0.2, -0.15) is 0 Å². The first-order valence-corrected chi connectivity index (χ1v) is 16.2. The van der Waals surface area contributed by atoms with Crippen LogP contribution in [-0.2, 0) is 11.2 Å². The maximum absolute atomic E-state index is 12.7. The fourth-order valence-corrected chi connectivity index (χ4v) is 4.90. The lowest BCUT2D eigenvalue weighted by atomic mass is 10.00. The highest BCUT2D eigenvalue weighted by atomic mass is 16.5. The standard InChI is InChI=1S/C38H50O4/c1-4-6-7-8-9-10-11-12-13-14-15-16-31-17-19-32(20-18-31)33-21-23-35(24-22-33)38(40)42-36-27-25-34(26-28-36)37(39)41-29-30(3)5-2/h17-28,30H,4-16,29H2,1-3H3. The third-order valence-electron chi connectivity index (χ3n) is 7.97. The van der Waals surface area contributed by atoms with Gasteiger partial charge in [-0.1, -0.05) is 128 Å². The van der Waals surface area contributed by atoms with Gasteiger partial charge in [0.2, 0.25) is 0 Å². The van der Waals surface area contributed by atoms with Crippen LogP contribution in [-0.4, -0.2) is 18.5 Å². The number of ether oxygens (including phenoxy) is 2. The van der Waals surface area contributed by atoms with Crippen molar-refractivity contribution >= 4 is 11.9 Å². The van der Waals surface area contributed by atoms with E-state index >= 15 is 0 Å². The minimum atomic E-state index is -0.434. The first-order chi connectivity index (χ1) is 20.5. The van der Waals surface area contributed by atoms with Crippen molar-refractivity contribution in [1.29, 1.82) is 0 Å². The van der Waals surface area contributed by atoms with Crippen LogP contribution in [0.3, 0.4) is 0 Å². The zero-order chi connectivity index (χ0) is 30.0. The lowest BCUT2D eigenvalue weighted by Gasteiger charge is -2.10. The van der Waals surface area contributed by atoms with Crippen LogP contribution in [0.2, 0.25) is 0 Å². The van der Waals surface area contributed by atoms with E-state index in [4.69, 9.17) is 9.47 Å². The molecule has 0 aliphatic carbocycles. The van der Waals surface area contributed by atoms with Crippen LogP contribution >= 0.6 is 0 Å². The van der Waals surface area contributed by atoms with Gasteiger partial charge in [0.1, 0.15) is 5.75 Å². The highest BCUT2D eigenvalue weighted by Crippen LogP contribution is 2.23. The molecule has 3 aromatic carbocycles. The SMILES string of the molecule is CCCCCCCCCCCCCc1ccc(-c2ccc(C(=O)Oc3ccc(C(=O)OCC(C)CC)cc3)cc2)cc1. The molecule has 3 aromatic rings. The molecule has 0 amide bonds. The largest absolute Gasteiger partial charge is 0.462 e. The molecule has 1 unspecified atom stereocenters. The Bertz CT molecular complexity index is 1180. The van der Waals surface area contributed by atoms with E-state index < -0.39 is 5.97 Å². The van der Waals surface area contributed by atoms with Crippen LogP contribution in [0.5, 0.6) is 5.75 Å². The Morgan fingerprint density at radius 3 is 1.62 bits per heavy atom. The molecule has 0 aliphatic rings. The molecule has 0 aliphatic heterocycles. The van der Waals surface area contributed by atoms with E-state index in [2.05, 4.69) is 38.1 Å². The second kappa shape index (κ2) is 18.9. The number of carbonyl (C=O) groups excluding carboxylic acids is 2. The van der Waals surface area contributed by atoms with Crippen LogP contribution in [0.4, 0.5) is 0 Å². The molecule has 42 heavy (non-hydrogen) atoms. The van der Waals surface area contributed by atoms with E-state index in [9.17, 15) is 9.59 Å². The summed E-state index contributed by atoms with van der Waals surface area (Å²) in [6.45, 7) is 6.77. The summed E-state index contributed by atoms with van der Waals surface area (Å²) in [6.07, 6.45) is 17.1.